The van der Waals surface area contributed by atoms with Crippen molar-refractivity contribution in [3.8, 4) is 28.4 Å². The predicted octanol–water partition coefficient (Wildman–Crippen LogP) is 13.8. The zero-order valence-electron chi connectivity index (χ0n) is 43.6. The lowest BCUT2D eigenvalue weighted by atomic mass is 9.55. The summed E-state index contributed by atoms with van der Waals surface area (Å²) in [5.74, 6) is -0.860. The van der Waals surface area contributed by atoms with Crippen molar-refractivity contribution in [3.05, 3.63) is 233 Å². The quantitative estimate of drug-likeness (QED) is 0.0210. The Morgan fingerprint density at radius 3 is 2.23 bits per heavy atom. The monoisotopic (exact) mass is 1040 g/mol. The van der Waals surface area contributed by atoms with Gasteiger partial charge in [-0.25, -0.2) is 0 Å². The van der Waals surface area contributed by atoms with E-state index in [9.17, 15) is 20.3 Å². The number of benzene rings is 7. The number of ether oxygens (including phenoxy) is 3. The maximum Gasteiger partial charge on any atom is 0.269 e. The van der Waals surface area contributed by atoms with Crippen LogP contribution in [0.1, 0.15) is 73.1 Å². The largest absolute Gasteiger partial charge is 0.459 e. The van der Waals surface area contributed by atoms with E-state index in [-0.39, 0.29) is 68.7 Å². The molecule has 2 N–H and O–H groups in total. The minimum Gasteiger partial charge on any atom is -0.459 e. The molecular weight excluding hydrogens is 979 g/mol. The molecule has 12 heteroatoms. The van der Waals surface area contributed by atoms with E-state index in [2.05, 4.69) is 61.2 Å². The number of amides is 1. The van der Waals surface area contributed by atoms with Gasteiger partial charge >= 0.3 is 0 Å². The Hall–Kier alpha value is -8.16. The van der Waals surface area contributed by atoms with Crippen molar-refractivity contribution in [2.75, 3.05) is 19.8 Å². The highest BCUT2D eigenvalue weighted by molar-refractivity contribution is 6.03. The van der Waals surface area contributed by atoms with Gasteiger partial charge in [0.1, 0.15) is 29.9 Å². The third-order valence-corrected chi connectivity index (χ3v) is 15.5. The first kappa shape index (κ1) is 53.2. The van der Waals surface area contributed by atoms with Crippen molar-refractivity contribution in [3.63, 3.8) is 0 Å². The van der Waals surface area contributed by atoms with Crippen LogP contribution >= 0.6 is 0 Å². The SMILES string of the molecule is C=CCO[C@@]12Oc3ccc(Oc4ccc(-c5ccccc5)cc4)cc3[C@H]3[C@H](CCCCO)[C@@H](CCCCO)C=C(C(=NOCc4ccccc4)C[C@@H]1N(Cc1cccc4ccccc14)C(=O)C=Cc1ccc([N+](=O)[O-])cc1)[C@H]32. The van der Waals surface area contributed by atoms with Crippen LogP contribution in [0.3, 0.4) is 0 Å². The second-order valence-electron chi connectivity index (χ2n) is 20.3. The average molecular weight is 1040 g/mol. The number of aliphatic hydroxyl groups excluding tert-OH is 2. The van der Waals surface area contributed by atoms with Gasteiger partial charge in [0.2, 0.25) is 11.7 Å². The van der Waals surface area contributed by atoms with Crippen LogP contribution in [0, 0.1) is 27.9 Å². The van der Waals surface area contributed by atoms with Crippen molar-refractivity contribution >= 4 is 34.2 Å². The first-order chi connectivity index (χ1) is 38.3. The first-order valence-corrected chi connectivity index (χ1v) is 27.0. The highest BCUT2D eigenvalue weighted by Crippen LogP contribution is 2.62. The third-order valence-electron chi connectivity index (χ3n) is 15.5. The minimum absolute atomic E-state index is 0.0126. The molecule has 1 saturated carbocycles. The fourth-order valence-electron chi connectivity index (χ4n) is 11.9. The van der Waals surface area contributed by atoms with E-state index in [0.29, 0.717) is 41.4 Å². The van der Waals surface area contributed by atoms with E-state index in [0.717, 1.165) is 69.8 Å². The summed E-state index contributed by atoms with van der Waals surface area (Å²) >= 11 is 0. The number of nitrogens with zero attached hydrogens (tertiary/aromatic N) is 3. The number of carbonyl (C=O) groups is 1. The molecule has 1 amide bonds. The number of non-ortho nitro benzene ring substituents is 1. The highest BCUT2D eigenvalue weighted by Gasteiger charge is 2.65. The van der Waals surface area contributed by atoms with Gasteiger partial charge in [0, 0.05) is 55.9 Å². The number of nitro benzene ring substituents is 1. The summed E-state index contributed by atoms with van der Waals surface area (Å²) < 4.78 is 21.7. The Labute approximate surface area is 455 Å². The Morgan fingerprint density at radius 1 is 0.795 bits per heavy atom. The Bertz CT molecular complexity index is 3280. The standard InChI is InChI=1S/C66H65N3O9/c1-2-40-75-66-62(68(44-52-23-15-22-50-20-9-10-24-56(50)52)63(72)37-28-46-26-31-53(32-27-46)69(73)74)43-60(67-76-45-47-16-5-3-6-17-47)58-41-51(21-11-13-38-70)57(25-12-14-39-71)64(65(58)66)59-42-55(35-36-61(59)78-66)77-54-33-29-49(30-34-54)48-18-7-4-8-19-48/h2-10,15-20,22-24,26-37,41-42,51,57,62,64-65,70-71H,1,11-14,21,25,38-40,43-45H2/t51-,57+,62-,64+,65+,66+/m0/s1. The molecule has 0 unspecified atom stereocenters. The lowest BCUT2D eigenvalue weighted by Crippen LogP contribution is -2.70. The summed E-state index contributed by atoms with van der Waals surface area (Å²) in [5.41, 5.74) is 7.10. The number of rotatable bonds is 23. The topological polar surface area (TPSA) is 153 Å². The minimum atomic E-state index is -1.54. The van der Waals surface area contributed by atoms with Gasteiger partial charge in [-0.05, 0) is 130 Å². The van der Waals surface area contributed by atoms with E-state index < -0.39 is 22.7 Å². The fraction of sp³-hybridized carbons (Fsp3) is 0.273. The molecule has 7 aromatic rings. The van der Waals surface area contributed by atoms with Gasteiger partial charge in [-0.3, -0.25) is 14.9 Å². The van der Waals surface area contributed by atoms with Gasteiger partial charge in [0.25, 0.3) is 5.69 Å². The van der Waals surface area contributed by atoms with E-state index in [1.54, 1.807) is 24.3 Å². The molecule has 2 aliphatic carbocycles. The molecule has 6 atom stereocenters. The van der Waals surface area contributed by atoms with Crippen molar-refractivity contribution in [1.29, 1.82) is 0 Å². The van der Waals surface area contributed by atoms with Crippen LogP contribution in [0.15, 0.2) is 205 Å². The van der Waals surface area contributed by atoms with Crippen LogP contribution in [0.5, 0.6) is 17.2 Å². The predicted molar refractivity (Wildman–Crippen MR) is 305 cm³/mol. The summed E-state index contributed by atoms with van der Waals surface area (Å²) in [6.45, 7) is 4.71. The van der Waals surface area contributed by atoms with Gasteiger partial charge in [-0.1, -0.05) is 145 Å². The van der Waals surface area contributed by atoms with E-state index in [4.69, 9.17) is 24.2 Å². The number of allylic oxidation sites excluding steroid dienone is 1. The van der Waals surface area contributed by atoms with Crippen molar-refractivity contribution in [2.45, 2.75) is 75.8 Å². The van der Waals surface area contributed by atoms with Gasteiger partial charge in [0.15, 0.2) is 0 Å². The van der Waals surface area contributed by atoms with Crippen LogP contribution in [-0.2, 0) is 27.5 Å². The smallest absolute Gasteiger partial charge is 0.269 e. The molecule has 7 aromatic carbocycles. The summed E-state index contributed by atoms with van der Waals surface area (Å²) in [6.07, 6.45) is 11.8. The van der Waals surface area contributed by atoms with E-state index in [1.165, 1.54) is 18.2 Å². The van der Waals surface area contributed by atoms with Crippen LogP contribution in [0.2, 0.25) is 0 Å². The Balaban J connectivity index is 1.16. The summed E-state index contributed by atoms with van der Waals surface area (Å²) in [7, 11) is 0. The number of oxime groups is 1. The molecule has 3 aliphatic rings. The molecule has 0 spiro atoms. The molecule has 0 bridgehead atoms. The van der Waals surface area contributed by atoms with Crippen molar-refractivity contribution in [2.24, 2.45) is 22.9 Å². The van der Waals surface area contributed by atoms with Crippen LogP contribution in [-0.4, -0.2) is 63.3 Å². The molecule has 12 nitrogen and oxygen atoms in total. The fourth-order valence-corrected chi connectivity index (χ4v) is 11.9. The Morgan fingerprint density at radius 2 is 1.49 bits per heavy atom. The third kappa shape index (κ3) is 11.7. The van der Waals surface area contributed by atoms with Gasteiger partial charge in [-0.15, -0.1) is 6.58 Å². The molecule has 1 aliphatic heterocycles. The van der Waals surface area contributed by atoms with E-state index in [1.807, 2.05) is 102 Å². The number of hydrogen-bond acceptors (Lipinski definition) is 10. The zero-order chi connectivity index (χ0) is 53.8. The molecule has 1 heterocycles. The maximum atomic E-state index is 15.6. The van der Waals surface area contributed by atoms with Crippen molar-refractivity contribution in [1.82, 2.24) is 4.90 Å². The maximum absolute atomic E-state index is 15.6. The summed E-state index contributed by atoms with van der Waals surface area (Å²) in [5, 5.41) is 39.0. The molecule has 0 radical (unpaired) electrons. The normalized spacial score (nSPS) is 20.8. The van der Waals surface area contributed by atoms with Crippen LogP contribution < -0.4 is 9.47 Å². The number of carbonyl (C=O) groups excluding carboxylic acids is 1. The van der Waals surface area contributed by atoms with Gasteiger partial charge in [0.05, 0.1) is 23.2 Å². The Kier molecular flexibility index (Phi) is 17.0. The number of fused-ring (bicyclic) bond motifs is 3. The molecule has 398 valence electrons. The first-order valence-electron chi connectivity index (χ1n) is 27.0. The van der Waals surface area contributed by atoms with Crippen LogP contribution in [0.4, 0.5) is 5.69 Å². The molecule has 78 heavy (non-hydrogen) atoms. The molecule has 1 fully saturated rings. The summed E-state index contributed by atoms with van der Waals surface area (Å²) in [6, 6.07) is 53.6. The number of aliphatic hydroxyl groups is 2. The van der Waals surface area contributed by atoms with Gasteiger partial charge < -0.3 is 34.2 Å². The number of nitro groups is 1. The molecular formula is C66H65N3O9. The average Bonchev–Trinajstić information content (AvgIpc) is 3.07. The lowest BCUT2D eigenvalue weighted by Gasteiger charge is -2.60. The number of hydrogen-bond donors (Lipinski definition) is 2. The summed E-state index contributed by atoms with van der Waals surface area (Å²) in [4.78, 5) is 35.0. The lowest BCUT2D eigenvalue weighted by molar-refractivity contribution is -0.384. The second-order valence-corrected chi connectivity index (χ2v) is 20.3. The highest BCUT2D eigenvalue weighted by atomic mass is 16.7. The number of unbranched alkanes of at least 4 members (excludes halogenated alkanes) is 2. The van der Waals surface area contributed by atoms with Crippen LogP contribution in [0.25, 0.3) is 28.0 Å². The molecule has 0 saturated heterocycles. The van der Waals surface area contributed by atoms with Gasteiger partial charge in [-0.2, -0.15) is 0 Å². The molecule has 0 aromatic heterocycles. The van der Waals surface area contributed by atoms with Crippen molar-refractivity contribution < 1.29 is 39.0 Å². The molecule has 10 rings (SSSR count). The second kappa shape index (κ2) is 24.9. The van der Waals surface area contributed by atoms with E-state index >= 15 is 4.79 Å². The zero-order valence-corrected chi connectivity index (χ0v) is 43.6.